The third kappa shape index (κ3) is 3.94. The van der Waals surface area contributed by atoms with Crippen molar-refractivity contribution in [3.05, 3.63) is 39.8 Å². The van der Waals surface area contributed by atoms with Crippen molar-refractivity contribution in [1.82, 2.24) is 9.97 Å². The summed E-state index contributed by atoms with van der Waals surface area (Å²) in [5, 5.41) is 17.8. The van der Waals surface area contributed by atoms with Gasteiger partial charge in [-0.1, -0.05) is 11.6 Å². The number of hydrogen-bond acceptors (Lipinski definition) is 5. The monoisotopic (exact) mass is 283 g/mol. The van der Waals surface area contributed by atoms with Crippen LogP contribution in [0, 0.1) is 0 Å². The summed E-state index contributed by atoms with van der Waals surface area (Å²) in [5.41, 5.74) is 0.285. The molecule has 0 fully saturated rings. The average Bonchev–Trinajstić information content (AvgIpc) is 2.80. The maximum absolute atomic E-state index is 10.3. The van der Waals surface area contributed by atoms with E-state index in [0.717, 1.165) is 5.56 Å². The van der Waals surface area contributed by atoms with Crippen LogP contribution in [0.3, 0.4) is 0 Å². The van der Waals surface area contributed by atoms with E-state index in [0.29, 0.717) is 23.9 Å². The highest BCUT2D eigenvalue weighted by Crippen LogP contribution is 2.16. The van der Waals surface area contributed by atoms with E-state index in [4.69, 9.17) is 11.6 Å². The molecule has 0 aliphatic carbocycles. The summed E-state index contributed by atoms with van der Waals surface area (Å²) in [6.07, 6.45) is 3.63. The Bertz CT molecular complexity index is 485. The van der Waals surface area contributed by atoms with E-state index in [9.17, 15) is 5.11 Å². The zero-order chi connectivity index (χ0) is 13.0. The fourth-order valence-electron chi connectivity index (χ4n) is 1.57. The van der Waals surface area contributed by atoms with Crippen LogP contribution in [0.25, 0.3) is 0 Å². The van der Waals surface area contributed by atoms with E-state index in [1.165, 1.54) is 12.4 Å². The Kier molecular flexibility index (Phi) is 4.16. The summed E-state index contributed by atoms with van der Waals surface area (Å²) in [6, 6.07) is 2.01. The minimum absolute atomic E-state index is 0.379. The summed E-state index contributed by atoms with van der Waals surface area (Å²) >= 11 is 7.32. The second kappa shape index (κ2) is 5.65. The Balaban J connectivity index is 1.90. The number of hydrogen-bond donors (Lipinski definition) is 2. The summed E-state index contributed by atoms with van der Waals surface area (Å²) in [4.78, 5) is 8.03. The number of aromatic nitrogens is 2. The number of anilines is 1. The lowest BCUT2D eigenvalue weighted by molar-refractivity contribution is 0.0741. The largest absolute Gasteiger partial charge is 0.388 e. The van der Waals surface area contributed by atoms with Gasteiger partial charge in [-0.15, -0.1) is 0 Å². The minimum Gasteiger partial charge on any atom is -0.388 e. The van der Waals surface area contributed by atoms with Crippen molar-refractivity contribution in [2.75, 3.05) is 11.9 Å². The van der Waals surface area contributed by atoms with Gasteiger partial charge in [-0.2, -0.15) is 11.3 Å². The molecule has 0 aromatic carbocycles. The molecular weight excluding hydrogens is 270 g/mol. The molecule has 1 unspecified atom stereocenters. The fraction of sp³-hybridized carbons (Fsp3) is 0.333. The molecule has 0 aliphatic heterocycles. The van der Waals surface area contributed by atoms with Crippen LogP contribution in [0.1, 0.15) is 12.5 Å². The average molecular weight is 284 g/mol. The van der Waals surface area contributed by atoms with Crippen LogP contribution < -0.4 is 5.32 Å². The maximum Gasteiger partial charge on any atom is 0.222 e. The molecule has 2 aromatic heterocycles. The summed E-state index contributed by atoms with van der Waals surface area (Å²) in [5.74, 6) is 0.463. The first-order valence-corrected chi connectivity index (χ1v) is 6.82. The van der Waals surface area contributed by atoms with E-state index >= 15 is 0 Å². The van der Waals surface area contributed by atoms with Gasteiger partial charge < -0.3 is 10.4 Å². The topological polar surface area (TPSA) is 58.0 Å². The van der Waals surface area contributed by atoms with Gasteiger partial charge in [0.2, 0.25) is 5.95 Å². The summed E-state index contributed by atoms with van der Waals surface area (Å²) in [6.45, 7) is 2.16. The van der Waals surface area contributed by atoms with E-state index in [-0.39, 0.29) is 0 Å². The molecule has 18 heavy (non-hydrogen) atoms. The number of rotatable bonds is 5. The van der Waals surface area contributed by atoms with Gasteiger partial charge in [0.1, 0.15) is 0 Å². The van der Waals surface area contributed by atoms with Gasteiger partial charge in [-0.25, -0.2) is 9.97 Å². The van der Waals surface area contributed by atoms with Crippen molar-refractivity contribution >= 4 is 28.9 Å². The summed E-state index contributed by atoms with van der Waals surface area (Å²) in [7, 11) is 0. The van der Waals surface area contributed by atoms with Gasteiger partial charge in [-0.05, 0) is 29.3 Å². The Morgan fingerprint density at radius 2 is 2.17 bits per heavy atom. The van der Waals surface area contributed by atoms with Crippen LogP contribution in [0.5, 0.6) is 0 Å². The highest BCUT2D eigenvalue weighted by Gasteiger charge is 2.21. The van der Waals surface area contributed by atoms with Gasteiger partial charge in [0.05, 0.1) is 23.0 Å². The van der Waals surface area contributed by atoms with Crippen LogP contribution in [-0.2, 0) is 6.42 Å². The zero-order valence-corrected chi connectivity index (χ0v) is 11.5. The molecular formula is C12H14ClN3OS. The molecule has 0 saturated carbocycles. The van der Waals surface area contributed by atoms with Gasteiger partial charge >= 0.3 is 0 Å². The highest BCUT2D eigenvalue weighted by atomic mass is 35.5. The second-order valence-electron chi connectivity index (χ2n) is 4.38. The lowest BCUT2D eigenvalue weighted by atomic mass is 9.98. The van der Waals surface area contributed by atoms with Crippen molar-refractivity contribution in [2.24, 2.45) is 0 Å². The molecule has 0 spiro atoms. The van der Waals surface area contributed by atoms with Crippen LogP contribution >= 0.6 is 22.9 Å². The number of nitrogens with zero attached hydrogens (tertiary/aromatic N) is 2. The molecule has 4 nitrogen and oxygen atoms in total. The zero-order valence-electron chi connectivity index (χ0n) is 9.93. The number of thiophene rings is 1. The Hall–Kier alpha value is -1.17. The highest BCUT2D eigenvalue weighted by molar-refractivity contribution is 7.07. The molecule has 0 radical (unpaired) electrons. The smallest absolute Gasteiger partial charge is 0.222 e. The van der Waals surface area contributed by atoms with E-state index in [1.807, 2.05) is 16.8 Å². The van der Waals surface area contributed by atoms with Crippen molar-refractivity contribution in [1.29, 1.82) is 0 Å². The van der Waals surface area contributed by atoms with Gasteiger partial charge in [-0.3, -0.25) is 0 Å². The number of aliphatic hydroxyl groups is 1. The summed E-state index contributed by atoms with van der Waals surface area (Å²) < 4.78 is 0. The SMILES string of the molecule is CC(O)(CNc1ncc(Cl)cn1)Cc1ccsc1. The van der Waals surface area contributed by atoms with Gasteiger partial charge in [0, 0.05) is 13.0 Å². The maximum atomic E-state index is 10.3. The van der Waals surface area contributed by atoms with Crippen LogP contribution in [0.2, 0.25) is 5.02 Å². The van der Waals surface area contributed by atoms with Gasteiger partial charge in [0.25, 0.3) is 0 Å². The lowest BCUT2D eigenvalue weighted by Crippen LogP contribution is -2.36. The van der Waals surface area contributed by atoms with Crippen LogP contribution in [0.15, 0.2) is 29.2 Å². The first-order valence-electron chi connectivity index (χ1n) is 5.50. The fourth-order valence-corrected chi connectivity index (χ4v) is 2.33. The number of halogens is 1. The van der Waals surface area contributed by atoms with Gasteiger partial charge in [0.15, 0.2) is 0 Å². The quantitative estimate of drug-likeness (QED) is 0.886. The molecule has 0 aliphatic rings. The number of nitrogens with one attached hydrogen (secondary N) is 1. The normalized spacial score (nSPS) is 14.2. The Morgan fingerprint density at radius 3 is 2.78 bits per heavy atom. The molecule has 96 valence electrons. The lowest BCUT2D eigenvalue weighted by Gasteiger charge is -2.23. The second-order valence-corrected chi connectivity index (χ2v) is 5.60. The van der Waals surface area contributed by atoms with E-state index < -0.39 is 5.60 Å². The molecule has 0 bridgehead atoms. The molecule has 2 N–H and O–H groups in total. The molecule has 0 amide bonds. The van der Waals surface area contributed by atoms with Crippen molar-refractivity contribution < 1.29 is 5.11 Å². The van der Waals surface area contributed by atoms with Crippen LogP contribution in [0.4, 0.5) is 5.95 Å². The molecule has 2 aromatic rings. The molecule has 1 atom stereocenters. The first-order chi connectivity index (χ1) is 8.55. The Morgan fingerprint density at radius 1 is 1.44 bits per heavy atom. The van der Waals surface area contributed by atoms with Crippen molar-refractivity contribution in [3.8, 4) is 0 Å². The van der Waals surface area contributed by atoms with E-state index in [2.05, 4.69) is 15.3 Å². The Labute approximate surface area is 115 Å². The third-order valence-electron chi connectivity index (χ3n) is 2.41. The molecule has 2 rings (SSSR count). The first kappa shape index (κ1) is 13.3. The van der Waals surface area contributed by atoms with E-state index in [1.54, 1.807) is 18.3 Å². The van der Waals surface area contributed by atoms with Crippen molar-refractivity contribution in [3.63, 3.8) is 0 Å². The minimum atomic E-state index is -0.843. The molecule has 2 heterocycles. The van der Waals surface area contributed by atoms with Crippen LogP contribution in [-0.4, -0.2) is 27.2 Å². The standard InChI is InChI=1S/C12H14ClN3OS/c1-12(17,4-9-2-3-18-7-9)8-16-11-14-5-10(13)6-15-11/h2-3,5-7,17H,4,8H2,1H3,(H,14,15,16). The third-order valence-corrected chi connectivity index (χ3v) is 3.34. The molecule has 6 heteroatoms. The molecule has 0 saturated heterocycles. The predicted molar refractivity (Wildman–Crippen MR) is 74.2 cm³/mol. The van der Waals surface area contributed by atoms with Crippen molar-refractivity contribution in [2.45, 2.75) is 18.9 Å². The predicted octanol–water partition coefficient (Wildman–Crippen LogP) is 2.60.